The van der Waals surface area contributed by atoms with Gasteiger partial charge in [0.2, 0.25) is 0 Å². The third-order valence-electron chi connectivity index (χ3n) is 2.42. The van der Waals surface area contributed by atoms with E-state index in [0.29, 0.717) is 13.2 Å². The van der Waals surface area contributed by atoms with Crippen molar-refractivity contribution in [3.63, 3.8) is 0 Å². The molecular weight excluding hydrogens is 278 g/mol. The molecule has 0 atom stereocenters. The van der Waals surface area contributed by atoms with Gasteiger partial charge in [0.05, 0.1) is 0 Å². The lowest BCUT2D eigenvalue weighted by Crippen LogP contribution is -1.97. The minimum Gasteiger partial charge on any atom is -0.490 e. The molecule has 2 N–H and O–H groups in total. The number of halogens is 1. The van der Waals surface area contributed by atoms with E-state index < -0.39 is 0 Å². The van der Waals surface area contributed by atoms with Crippen molar-refractivity contribution in [1.29, 1.82) is 0 Å². The minimum absolute atomic E-state index is 0.551. The van der Waals surface area contributed by atoms with E-state index in [0.717, 1.165) is 10.2 Å². The van der Waals surface area contributed by atoms with Gasteiger partial charge in [-0.05, 0) is 35.0 Å². The summed E-state index contributed by atoms with van der Waals surface area (Å²) < 4.78 is 6.68. The normalized spacial score (nSPS) is 11.2. The number of benzene rings is 2. The van der Waals surface area contributed by atoms with Gasteiger partial charge in [-0.25, -0.2) is 0 Å². The molecule has 2 aromatic carbocycles. The Balaban J connectivity index is 2.14. The van der Waals surface area contributed by atoms with E-state index in [4.69, 9.17) is 10.5 Å². The summed E-state index contributed by atoms with van der Waals surface area (Å²) in [4.78, 5) is 0. The van der Waals surface area contributed by atoms with Crippen molar-refractivity contribution in [2.75, 3.05) is 13.2 Å². The Hall–Kier alpha value is -1.32. The van der Waals surface area contributed by atoms with Gasteiger partial charge in [0.25, 0.3) is 0 Å². The Kier molecular flexibility index (Phi) is 4.18. The zero-order chi connectivity index (χ0) is 12.1. The Labute approximate surface area is 109 Å². The van der Waals surface area contributed by atoms with Crippen molar-refractivity contribution in [3.8, 4) is 5.75 Å². The van der Waals surface area contributed by atoms with Crippen molar-refractivity contribution < 1.29 is 4.74 Å². The summed E-state index contributed by atoms with van der Waals surface area (Å²) in [7, 11) is 0. The van der Waals surface area contributed by atoms with E-state index >= 15 is 0 Å². The first-order valence-corrected chi connectivity index (χ1v) is 6.26. The van der Waals surface area contributed by atoms with Crippen molar-refractivity contribution in [2.45, 2.75) is 0 Å². The van der Waals surface area contributed by atoms with Crippen LogP contribution in [0, 0.1) is 0 Å². The molecule has 88 valence electrons. The van der Waals surface area contributed by atoms with Crippen LogP contribution in [-0.4, -0.2) is 13.2 Å². The molecule has 0 saturated heterocycles. The molecule has 0 radical (unpaired) electrons. The van der Waals surface area contributed by atoms with Crippen molar-refractivity contribution >= 4 is 26.7 Å². The monoisotopic (exact) mass is 291 g/mol. The average Bonchev–Trinajstić information content (AvgIpc) is 2.35. The summed E-state index contributed by atoms with van der Waals surface area (Å²) in [6, 6.07) is 12.3. The molecule has 0 spiro atoms. The summed E-state index contributed by atoms with van der Waals surface area (Å²) in [6.07, 6.45) is 3.81. The highest BCUT2D eigenvalue weighted by molar-refractivity contribution is 9.10. The molecule has 0 saturated carbocycles. The highest BCUT2D eigenvalue weighted by Gasteiger charge is 1.97. The van der Waals surface area contributed by atoms with Gasteiger partial charge >= 0.3 is 0 Å². The molecule has 0 bridgehead atoms. The van der Waals surface area contributed by atoms with Gasteiger partial charge in [0.15, 0.2) is 0 Å². The Morgan fingerprint density at radius 3 is 2.65 bits per heavy atom. The molecule has 0 aliphatic heterocycles. The van der Waals surface area contributed by atoms with Gasteiger partial charge in [-0.2, -0.15) is 0 Å². The standard InChI is InChI=1S/C14H14BrNO/c15-13-5-3-12-10-14(6-4-11(12)9-13)17-8-2-1-7-16/h1-6,9-10H,7-8,16H2. The van der Waals surface area contributed by atoms with Crippen LogP contribution in [0.2, 0.25) is 0 Å². The van der Waals surface area contributed by atoms with Gasteiger partial charge in [0, 0.05) is 11.0 Å². The van der Waals surface area contributed by atoms with E-state index in [-0.39, 0.29) is 0 Å². The number of hydrogen-bond donors (Lipinski definition) is 1. The molecular formula is C14H14BrNO. The average molecular weight is 292 g/mol. The van der Waals surface area contributed by atoms with Crippen LogP contribution in [0.25, 0.3) is 10.8 Å². The van der Waals surface area contributed by atoms with Crippen LogP contribution in [0.3, 0.4) is 0 Å². The quantitative estimate of drug-likeness (QED) is 0.875. The number of rotatable bonds is 4. The molecule has 0 amide bonds. The van der Waals surface area contributed by atoms with E-state index in [9.17, 15) is 0 Å². The van der Waals surface area contributed by atoms with Gasteiger partial charge in [-0.15, -0.1) is 0 Å². The largest absolute Gasteiger partial charge is 0.490 e. The molecule has 0 aliphatic rings. The lowest BCUT2D eigenvalue weighted by molar-refractivity contribution is 0.363. The van der Waals surface area contributed by atoms with Crippen LogP contribution < -0.4 is 10.5 Å². The lowest BCUT2D eigenvalue weighted by Gasteiger charge is -2.05. The SMILES string of the molecule is NCC=CCOc1ccc2cc(Br)ccc2c1. The van der Waals surface area contributed by atoms with Gasteiger partial charge in [-0.1, -0.05) is 40.2 Å². The molecule has 2 nitrogen and oxygen atoms in total. The van der Waals surface area contributed by atoms with Gasteiger partial charge in [-0.3, -0.25) is 0 Å². The molecule has 2 aromatic rings. The highest BCUT2D eigenvalue weighted by atomic mass is 79.9. The zero-order valence-corrected chi connectivity index (χ0v) is 11.0. The zero-order valence-electron chi connectivity index (χ0n) is 9.40. The first kappa shape index (κ1) is 12.1. The summed E-state index contributed by atoms with van der Waals surface area (Å²) in [6.45, 7) is 1.11. The van der Waals surface area contributed by atoms with E-state index in [1.165, 1.54) is 10.8 Å². The van der Waals surface area contributed by atoms with Crippen LogP contribution in [0.5, 0.6) is 5.75 Å². The minimum atomic E-state index is 0.551. The predicted molar refractivity (Wildman–Crippen MR) is 75.3 cm³/mol. The van der Waals surface area contributed by atoms with Gasteiger partial charge < -0.3 is 10.5 Å². The highest BCUT2D eigenvalue weighted by Crippen LogP contribution is 2.24. The van der Waals surface area contributed by atoms with Crippen LogP contribution in [0.1, 0.15) is 0 Å². The maximum atomic E-state index is 5.59. The maximum absolute atomic E-state index is 5.59. The van der Waals surface area contributed by atoms with Crippen molar-refractivity contribution in [3.05, 3.63) is 53.0 Å². The van der Waals surface area contributed by atoms with Crippen LogP contribution in [-0.2, 0) is 0 Å². The second kappa shape index (κ2) is 5.84. The number of nitrogens with two attached hydrogens (primary N) is 1. The molecule has 0 fully saturated rings. The van der Waals surface area contributed by atoms with Crippen LogP contribution >= 0.6 is 15.9 Å². The molecule has 2 rings (SSSR count). The third-order valence-corrected chi connectivity index (χ3v) is 2.92. The van der Waals surface area contributed by atoms with Crippen LogP contribution in [0.4, 0.5) is 0 Å². The third kappa shape index (κ3) is 3.32. The fraction of sp³-hybridized carbons (Fsp3) is 0.143. The molecule has 3 heteroatoms. The Morgan fingerprint density at radius 1 is 1.06 bits per heavy atom. The van der Waals surface area contributed by atoms with Crippen molar-refractivity contribution in [2.24, 2.45) is 5.73 Å². The second-order valence-corrected chi connectivity index (χ2v) is 4.59. The summed E-state index contributed by atoms with van der Waals surface area (Å²) in [5.41, 5.74) is 5.35. The topological polar surface area (TPSA) is 35.2 Å². The van der Waals surface area contributed by atoms with E-state index in [2.05, 4.69) is 34.1 Å². The Morgan fingerprint density at radius 2 is 1.82 bits per heavy atom. The predicted octanol–water partition coefficient (Wildman–Crippen LogP) is 3.50. The van der Waals surface area contributed by atoms with E-state index in [1.807, 2.05) is 30.4 Å². The molecule has 0 unspecified atom stereocenters. The van der Waals surface area contributed by atoms with Crippen LogP contribution in [0.15, 0.2) is 53.0 Å². The fourth-order valence-electron chi connectivity index (χ4n) is 1.59. The summed E-state index contributed by atoms with van der Waals surface area (Å²) >= 11 is 3.46. The number of hydrogen-bond acceptors (Lipinski definition) is 2. The molecule has 0 heterocycles. The smallest absolute Gasteiger partial charge is 0.120 e. The molecule has 0 aliphatic carbocycles. The second-order valence-electron chi connectivity index (χ2n) is 3.67. The summed E-state index contributed by atoms with van der Waals surface area (Å²) in [5.74, 6) is 0.876. The van der Waals surface area contributed by atoms with Gasteiger partial charge in [0.1, 0.15) is 12.4 Å². The Bertz CT molecular complexity index is 537. The summed E-state index contributed by atoms with van der Waals surface area (Å²) in [5, 5.41) is 2.37. The number of fused-ring (bicyclic) bond motifs is 1. The van der Waals surface area contributed by atoms with Crippen molar-refractivity contribution in [1.82, 2.24) is 0 Å². The molecule has 0 aromatic heterocycles. The fourth-order valence-corrected chi connectivity index (χ4v) is 1.97. The molecule has 17 heavy (non-hydrogen) atoms. The first-order chi connectivity index (χ1) is 8.29. The first-order valence-electron chi connectivity index (χ1n) is 5.47. The van der Waals surface area contributed by atoms with E-state index in [1.54, 1.807) is 0 Å². The number of ether oxygens (including phenoxy) is 1. The lowest BCUT2D eigenvalue weighted by atomic mass is 10.1. The maximum Gasteiger partial charge on any atom is 0.120 e.